The summed E-state index contributed by atoms with van der Waals surface area (Å²) in [5.41, 5.74) is 0.881. The lowest BCUT2D eigenvalue weighted by atomic mass is 10.1. The molecule has 0 spiro atoms. The van der Waals surface area contributed by atoms with Crippen molar-refractivity contribution in [3.8, 4) is 0 Å². The van der Waals surface area contributed by atoms with Crippen LogP contribution >= 0.6 is 15.9 Å². The van der Waals surface area contributed by atoms with E-state index < -0.39 is 4.32 Å². The molecule has 0 unspecified atom stereocenters. The van der Waals surface area contributed by atoms with Crippen LogP contribution in [0.2, 0.25) is 0 Å². The molecule has 0 bridgehead atoms. The normalized spacial score (nSPS) is 13.3. The van der Waals surface area contributed by atoms with E-state index >= 15 is 0 Å². The van der Waals surface area contributed by atoms with Gasteiger partial charge in [-0.1, -0.05) is 28.1 Å². The van der Waals surface area contributed by atoms with Gasteiger partial charge in [-0.25, -0.2) is 4.39 Å². The second-order valence-electron chi connectivity index (χ2n) is 4.22. The number of carbonyl (C=O) groups is 1. The Kier molecular flexibility index (Phi) is 4.08. The van der Waals surface area contributed by atoms with Gasteiger partial charge in [0, 0.05) is 0 Å². The first-order chi connectivity index (χ1) is 7.30. The number of hydrogen-bond donors (Lipinski definition) is 1. The fourth-order valence-corrected chi connectivity index (χ4v) is 1.32. The SMILES string of the molecule is C[C@H](NC(=O)C(C)(C)Br)c1ccc(F)cc1. The Morgan fingerprint density at radius 1 is 1.38 bits per heavy atom. The summed E-state index contributed by atoms with van der Waals surface area (Å²) in [6.45, 7) is 5.42. The van der Waals surface area contributed by atoms with Gasteiger partial charge in [0.25, 0.3) is 0 Å². The lowest BCUT2D eigenvalue weighted by Gasteiger charge is -2.20. The van der Waals surface area contributed by atoms with Gasteiger partial charge in [0.05, 0.1) is 10.4 Å². The number of benzene rings is 1. The number of rotatable bonds is 3. The molecule has 4 heteroatoms. The topological polar surface area (TPSA) is 29.1 Å². The smallest absolute Gasteiger partial charge is 0.236 e. The minimum absolute atomic E-state index is 0.0932. The molecule has 0 fully saturated rings. The number of alkyl halides is 1. The molecular weight excluding hydrogens is 273 g/mol. The van der Waals surface area contributed by atoms with E-state index in [1.54, 1.807) is 26.0 Å². The van der Waals surface area contributed by atoms with Gasteiger partial charge in [-0.05, 0) is 38.5 Å². The zero-order chi connectivity index (χ0) is 12.3. The van der Waals surface area contributed by atoms with Gasteiger partial charge in [-0.3, -0.25) is 4.79 Å². The van der Waals surface area contributed by atoms with E-state index in [-0.39, 0.29) is 17.8 Å². The van der Waals surface area contributed by atoms with Crippen LogP contribution in [0.15, 0.2) is 24.3 Å². The van der Waals surface area contributed by atoms with Crippen molar-refractivity contribution in [3.63, 3.8) is 0 Å². The van der Waals surface area contributed by atoms with Crippen LogP contribution in [-0.2, 0) is 4.79 Å². The molecule has 1 N–H and O–H groups in total. The van der Waals surface area contributed by atoms with Gasteiger partial charge in [-0.2, -0.15) is 0 Å². The van der Waals surface area contributed by atoms with Crippen LogP contribution in [0.25, 0.3) is 0 Å². The monoisotopic (exact) mass is 287 g/mol. The molecule has 1 aromatic carbocycles. The lowest BCUT2D eigenvalue weighted by molar-refractivity contribution is -0.123. The molecule has 16 heavy (non-hydrogen) atoms. The van der Waals surface area contributed by atoms with Crippen LogP contribution in [0.3, 0.4) is 0 Å². The van der Waals surface area contributed by atoms with E-state index in [1.807, 2.05) is 6.92 Å². The van der Waals surface area contributed by atoms with Crippen molar-refractivity contribution in [2.75, 3.05) is 0 Å². The lowest BCUT2D eigenvalue weighted by Crippen LogP contribution is -2.38. The third kappa shape index (κ3) is 3.59. The number of amides is 1. The van der Waals surface area contributed by atoms with E-state index in [0.717, 1.165) is 5.56 Å². The van der Waals surface area contributed by atoms with Gasteiger partial charge < -0.3 is 5.32 Å². The molecule has 1 aromatic rings. The zero-order valence-electron chi connectivity index (χ0n) is 9.55. The maximum atomic E-state index is 12.7. The Bertz CT molecular complexity index is 370. The molecule has 88 valence electrons. The van der Waals surface area contributed by atoms with Crippen molar-refractivity contribution < 1.29 is 9.18 Å². The first-order valence-electron chi connectivity index (χ1n) is 5.06. The second kappa shape index (κ2) is 4.95. The Morgan fingerprint density at radius 2 is 1.88 bits per heavy atom. The average molecular weight is 288 g/mol. The molecule has 1 amide bonds. The second-order valence-corrected chi connectivity index (χ2v) is 6.20. The first kappa shape index (κ1) is 13.2. The molecule has 0 heterocycles. The molecule has 0 aliphatic heterocycles. The first-order valence-corrected chi connectivity index (χ1v) is 5.85. The molecule has 0 aromatic heterocycles. The fourth-order valence-electron chi connectivity index (χ4n) is 1.20. The molecule has 0 saturated heterocycles. The van der Waals surface area contributed by atoms with Crippen molar-refractivity contribution in [1.29, 1.82) is 0 Å². The van der Waals surface area contributed by atoms with Crippen molar-refractivity contribution in [1.82, 2.24) is 5.32 Å². The fraction of sp³-hybridized carbons (Fsp3) is 0.417. The average Bonchev–Trinajstić information content (AvgIpc) is 2.17. The third-order valence-corrected chi connectivity index (χ3v) is 2.62. The Balaban J connectivity index is 2.69. The van der Waals surface area contributed by atoms with Crippen LogP contribution in [0.5, 0.6) is 0 Å². The number of hydrogen-bond acceptors (Lipinski definition) is 1. The maximum Gasteiger partial charge on any atom is 0.236 e. The van der Waals surface area contributed by atoms with Crippen molar-refractivity contribution in [3.05, 3.63) is 35.6 Å². The van der Waals surface area contributed by atoms with Crippen LogP contribution in [0.4, 0.5) is 4.39 Å². The van der Waals surface area contributed by atoms with Crippen LogP contribution in [-0.4, -0.2) is 10.2 Å². The zero-order valence-corrected chi connectivity index (χ0v) is 11.1. The largest absolute Gasteiger partial charge is 0.348 e. The summed E-state index contributed by atoms with van der Waals surface area (Å²) in [6, 6.07) is 5.97. The third-order valence-electron chi connectivity index (χ3n) is 2.26. The summed E-state index contributed by atoms with van der Waals surface area (Å²) in [7, 11) is 0. The highest BCUT2D eigenvalue weighted by atomic mass is 79.9. The predicted molar refractivity (Wildman–Crippen MR) is 66.0 cm³/mol. The Labute approximate surface area is 103 Å². The molecular formula is C12H15BrFNO. The van der Waals surface area contributed by atoms with Gasteiger partial charge in [0.1, 0.15) is 5.82 Å². The van der Waals surface area contributed by atoms with Crippen molar-refractivity contribution in [2.45, 2.75) is 31.1 Å². The molecule has 0 aliphatic carbocycles. The van der Waals surface area contributed by atoms with E-state index in [1.165, 1.54) is 12.1 Å². The maximum absolute atomic E-state index is 12.7. The number of halogens is 2. The quantitative estimate of drug-likeness (QED) is 0.850. The van der Waals surface area contributed by atoms with Crippen molar-refractivity contribution >= 4 is 21.8 Å². The Morgan fingerprint density at radius 3 is 2.31 bits per heavy atom. The molecule has 1 atom stereocenters. The van der Waals surface area contributed by atoms with Crippen molar-refractivity contribution in [2.24, 2.45) is 0 Å². The number of carbonyl (C=O) groups excluding carboxylic acids is 1. The van der Waals surface area contributed by atoms with E-state index in [0.29, 0.717) is 0 Å². The van der Waals surface area contributed by atoms with E-state index in [2.05, 4.69) is 21.2 Å². The number of nitrogens with one attached hydrogen (secondary N) is 1. The highest BCUT2D eigenvalue weighted by Gasteiger charge is 2.24. The molecule has 0 radical (unpaired) electrons. The minimum atomic E-state index is -0.596. The summed E-state index contributed by atoms with van der Waals surface area (Å²) in [6.07, 6.45) is 0. The molecule has 1 rings (SSSR count). The standard InChI is InChI=1S/C12H15BrFNO/c1-8(15-11(16)12(2,3)13)9-4-6-10(14)7-5-9/h4-8H,1-3H3,(H,15,16)/t8-/m0/s1. The van der Waals surface area contributed by atoms with Gasteiger partial charge in [0.2, 0.25) is 5.91 Å². The summed E-state index contributed by atoms with van der Waals surface area (Å²) in [5.74, 6) is -0.368. The van der Waals surface area contributed by atoms with Gasteiger partial charge >= 0.3 is 0 Å². The van der Waals surface area contributed by atoms with Crippen LogP contribution < -0.4 is 5.32 Å². The molecule has 0 saturated carbocycles. The van der Waals surface area contributed by atoms with E-state index in [4.69, 9.17) is 0 Å². The highest BCUT2D eigenvalue weighted by molar-refractivity contribution is 9.10. The van der Waals surface area contributed by atoms with Gasteiger partial charge in [-0.15, -0.1) is 0 Å². The summed E-state index contributed by atoms with van der Waals surface area (Å²) >= 11 is 3.28. The van der Waals surface area contributed by atoms with Gasteiger partial charge in [0.15, 0.2) is 0 Å². The minimum Gasteiger partial charge on any atom is -0.348 e. The van der Waals surface area contributed by atoms with Crippen LogP contribution in [0.1, 0.15) is 32.4 Å². The van der Waals surface area contributed by atoms with E-state index in [9.17, 15) is 9.18 Å². The highest BCUT2D eigenvalue weighted by Crippen LogP contribution is 2.19. The summed E-state index contributed by atoms with van der Waals surface area (Å²) in [4.78, 5) is 11.7. The molecule has 0 aliphatic rings. The molecule has 2 nitrogen and oxygen atoms in total. The predicted octanol–water partition coefficient (Wildman–Crippen LogP) is 3.18. The summed E-state index contributed by atoms with van der Waals surface area (Å²) < 4.78 is 12.1. The Hall–Kier alpha value is -0.900. The summed E-state index contributed by atoms with van der Waals surface area (Å²) in [5, 5.41) is 2.85. The van der Waals surface area contributed by atoms with Crippen LogP contribution in [0, 0.1) is 5.82 Å².